The molecule has 0 saturated carbocycles. The van der Waals surface area contributed by atoms with E-state index in [2.05, 4.69) is 20.8 Å². The van der Waals surface area contributed by atoms with Crippen LogP contribution < -0.4 is 10.6 Å². The van der Waals surface area contributed by atoms with Gasteiger partial charge in [-0.05, 0) is 42.8 Å². The number of nitrogens with zero attached hydrogens (tertiary/aromatic N) is 1. The van der Waals surface area contributed by atoms with Gasteiger partial charge in [0.1, 0.15) is 17.6 Å². The van der Waals surface area contributed by atoms with E-state index in [-0.39, 0.29) is 17.8 Å². The quantitative estimate of drug-likeness (QED) is 0.456. The molecule has 2 aromatic heterocycles. The van der Waals surface area contributed by atoms with Crippen LogP contribution in [0.2, 0.25) is 0 Å². The van der Waals surface area contributed by atoms with Gasteiger partial charge >= 0.3 is 0 Å². The van der Waals surface area contributed by atoms with Gasteiger partial charge in [0.25, 0.3) is 5.91 Å². The van der Waals surface area contributed by atoms with E-state index in [0.717, 1.165) is 16.5 Å². The van der Waals surface area contributed by atoms with Crippen molar-refractivity contribution in [1.82, 2.24) is 15.5 Å². The highest BCUT2D eigenvalue weighted by atomic mass is 19.1. The molecule has 0 aliphatic heterocycles. The van der Waals surface area contributed by atoms with Gasteiger partial charge < -0.3 is 20.1 Å². The minimum absolute atomic E-state index is 0.250. The highest BCUT2D eigenvalue weighted by Crippen LogP contribution is 2.20. The smallest absolute Gasteiger partial charge is 0.251 e. The summed E-state index contributed by atoms with van der Waals surface area (Å²) in [5.74, 6) is -0.553. The molecule has 0 bridgehead atoms. The minimum Gasteiger partial charge on any atom is -0.361 e. The second-order valence-corrected chi connectivity index (χ2v) is 6.91. The Balaban J connectivity index is 1.58. The fraction of sp³-hybridized carbons (Fsp3) is 0.136. The number of para-hydroxylation sites is 1. The van der Waals surface area contributed by atoms with Crippen molar-refractivity contribution in [3.63, 3.8) is 0 Å². The van der Waals surface area contributed by atoms with E-state index in [9.17, 15) is 14.0 Å². The minimum atomic E-state index is -0.890. The standard InChI is InChI=1S/C22H19FN4O3/c1-13-10-20(27-30-13)26-22(29)19(25-21(28)14-6-8-16(23)9-7-14)11-15-12-24-18-5-3-2-4-17(15)18/h2-10,12,19,24H,11H2,1H3,(H,25,28)(H,26,27,29). The lowest BCUT2D eigenvalue weighted by Crippen LogP contribution is -2.45. The molecule has 2 amide bonds. The topological polar surface area (TPSA) is 100 Å². The molecule has 1 unspecified atom stereocenters. The first-order valence-corrected chi connectivity index (χ1v) is 9.35. The van der Waals surface area contributed by atoms with E-state index in [4.69, 9.17) is 4.52 Å². The van der Waals surface area contributed by atoms with Crippen LogP contribution in [0.3, 0.4) is 0 Å². The Morgan fingerprint density at radius 1 is 1.17 bits per heavy atom. The Labute approximate surface area is 171 Å². The van der Waals surface area contributed by atoms with E-state index in [0.29, 0.717) is 5.76 Å². The number of anilines is 1. The number of nitrogens with one attached hydrogen (secondary N) is 3. The van der Waals surface area contributed by atoms with Crippen LogP contribution in [0.25, 0.3) is 10.9 Å². The van der Waals surface area contributed by atoms with E-state index in [1.165, 1.54) is 24.3 Å². The maximum atomic E-state index is 13.2. The third-order valence-corrected chi connectivity index (χ3v) is 4.71. The third-order valence-electron chi connectivity index (χ3n) is 4.71. The van der Waals surface area contributed by atoms with Crippen LogP contribution in [0, 0.1) is 12.7 Å². The molecular weight excluding hydrogens is 387 g/mol. The SMILES string of the molecule is Cc1cc(NC(=O)C(Cc2c[nH]c3ccccc23)NC(=O)c2ccc(F)cc2)no1. The molecule has 2 aromatic carbocycles. The second kappa shape index (κ2) is 8.20. The molecule has 0 spiro atoms. The van der Waals surface area contributed by atoms with E-state index in [1.54, 1.807) is 13.0 Å². The number of aromatic nitrogens is 2. The predicted molar refractivity (Wildman–Crippen MR) is 110 cm³/mol. The molecule has 152 valence electrons. The normalized spacial score (nSPS) is 11.9. The fourth-order valence-corrected chi connectivity index (χ4v) is 3.21. The van der Waals surface area contributed by atoms with Crippen molar-refractivity contribution in [2.75, 3.05) is 5.32 Å². The van der Waals surface area contributed by atoms with Gasteiger partial charge in [-0.2, -0.15) is 0 Å². The number of aryl methyl sites for hydroxylation is 1. The number of amides is 2. The Bertz CT molecular complexity index is 1200. The number of hydrogen-bond acceptors (Lipinski definition) is 4. The van der Waals surface area contributed by atoms with Gasteiger partial charge in [-0.25, -0.2) is 4.39 Å². The lowest BCUT2D eigenvalue weighted by atomic mass is 10.0. The summed E-state index contributed by atoms with van der Waals surface area (Å²) in [6, 6.07) is 13.5. The predicted octanol–water partition coefficient (Wildman–Crippen LogP) is 3.58. The molecule has 0 fully saturated rings. The molecule has 0 aliphatic rings. The monoisotopic (exact) mass is 406 g/mol. The highest BCUT2D eigenvalue weighted by molar-refractivity contribution is 6.01. The molecule has 0 saturated heterocycles. The van der Waals surface area contributed by atoms with Crippen molar-refractivity contribution in [3.8, 4) is 0 Å². The first kappa shape index (κ1) is 19.4. The molecule has 4 rings (SSSR count). The number of halogens is 1. The molecule has 7 nitrogen and oxygen atoms in total. The molecule has 0 aliphatic carbocycles. The number of rotatable bonds is 6. The maximum Gasteiger partial charge on any atom is 0.251 e. The van der Waals surface area contributed by atoms with Crippen LogP contribution in [0.15, 0.2) is 65.3 Å². The largest absolute Gasteiger partial charge is 0.361 e. The van der Waals surface area contributed by atoms with Crippen LogP contribution in [0.1, 0.15) is 21.7 Å². The summed E-state index contributed by atoms with van der Waals surface area (Å²) in [6.45, 7) is 1.71. The van der Waals surface area contributed by atoms with Gasteiger partial charge in [-0.15, -0.1) is 0 Å². The number of H-pyrrole nitrogens is 1. The average molecular weight is 406 g/mol. The molecule has 2 heterocycles. The zero-order valence-corrected chi connectivity index (χ0v) is 16.1. The van der Waals surface area contributed by atoms with Crippen molar-refractivity contribution in [3.05, 3.63) is 83.5 Å². The van der Waals surface area contributed by atoms with E-state index in [1.807, 2.05) is 30.5 Å². The first-order valence-electron chi connectivity index (χ1n) is 9.35. The molecule has 0 radical (unpaired) electrons. The Hall–Kier alpha value is -3.94. The molecule has 4 aromatic rings. The van der Waals surface area contributed by atoms with Gasteiger partial charge in [0.2, 0.25) is 5.91 Å². The fourth-order valence-electron chi connectivity index (χ4n) is 3.21. The van der Waals surface area contributed by atoms with Crippen molar-refractivity contribution in [2.24, 2.45) is 0 Å². The van der Waals surface area contributed by atoms with Gasteiger partial charge in [-0.1, -0.05) is 23.4 Å². The summed E-state index contributed by atoms with van der Waals surface area (Å²) in [4.78, 5) is 28.8. The van der Waals surface area contributed by atoms with Crippen LogP contribution in [-0.4, -0.2) is 28.0 Å². The van der Waals surface area contributed by atoms with Crippen LogP contribution in [0.4, 0.5) is 10.2 Å². The molecule has 30 heavy (non-hydrogen) atoms. The lowest BCUT2D eigenvalue weighted by molar-refractivity contribution is -0.118. The van der Waals surface area contributed by atoms with Crippen molar-refractivity contribution < 1.29 is 18.5 Å². The Morgan fingerprint density at radius 2 is 1.93 bits per heavy atom. The van der Waals surface area contributed by atoms with E-state index >= 15 is 0 Å². The van der Waals surface area contributed by atoms with Gasteiger partial charge in [-0.3, -0.25) is 9.59 Å². The summed E-state index contributed by atoms with van der Waals surface area (Å²) in [5.41, 5.74) is 2.07. The molecule has 8 heteroatoms. The number of carbonyl (C=O) groups excluding carboxylic acids is 2. The number of benzene rings is 2. The average Bonchev–Trinajstić information content (AvgIpc) is 3.34. The van der Waals surface area contributed by atoms with Crippen molar-refractivity contribution in [1.29, 1.82) is 0 Å². The third kappa shape index (κ3) is 4.22. The van der Waals surface area contributed by atoms with Gasteiger partial charge in [0, 0.05) is 35.2 Å². The first-order chi connectivity index (χ1) is 14.5. The Morgan fingerprint density at radius 3 is 2.67 bits per heavy atom. The second-order valence-electron chi connectivity index (χ2n) is 6.91. The summed E-state index contributed by atoms with van der Waals surface area (Å²) in [5, 5.41) is 10.1. The Kier molecular flexibility index (Phi) is 5.30. The summed E-state index contributed by atoms with van der Waals surface area (Å²) in [7, 11) is 0. The summed E-state index contributed by atoms with van der Waals surface area (Å²) in [6.07, 6.45) is 2.06. The molecule has 3 N–H and O–H groups in total. The van der Waals surface area contributed by atoms with Crippen molar-refractivity contribution >= 4 is 28.5 Å². The van der Waals surface area contributed by atoms with Gasteiger partial charge in [0.05, 0.1) is 0 Å². The lowest BCUT2D eigenvalue weighted by Gasteiger charge is -2.18. The molecule has 1 atom stereocenters. The zero-order chi connectivity index (χ0) is 21.1. The zero-order valence-electron chi connectivity index (χ0n) is 16.1. The van der Waals surface area contributed by atoms with Crippen LogP contribution in [0.5, 0.6) is 0 Å². The number of fused-ring (bicyclic) bond motifs is 1. The highest BCUT2D eigenvalue weighted by Gasteiger charge is 2.24. The number of carbonyl (C=O) groups is 2. The van der Waals surface area contributed by atoms with Gasteiger partial charge in [0.15, 0.2) is 5.82 Å². The molecular formula is C22H19FN4O3. The summed E-state index contributed by atoms with van der Waals surface area (Å²) >= 11 is 0. The number of hydrogen-bond donors (Lipinski definition) is 3. The van der Waals surface area contributed by atoms with Crippen molar-refractivity contribution in [2.45, 2.75) is 19.4 Å². The number of aromatic amines is 1. The van der Waals surface area contributed by atoms with Crippen LogP contribution in [-0.2, 0) is 11.2 Å². The maximum absolute atomic E-state index is 13.2. The van der Waals surface area contributed by atoms with Crippen LogP contribution >= 0.6 is 0 Å². The van der Waals surface area contributed by atoms with E-state index < -0.39 is 23.7 Å². The summed E-state index contributed by atoms with van der Waals surface area (Å²) < 4.78 is 18.1.